The highest BCUT2D eigenvalue weighted by atomic mass is 32.1. The van der Waals surface area contributed by atoms with Crippen LogP contribution in [0, 0.1) is 0 Å². The molecule has 2 fully saturated rings. The minimum absolute atomic E-state index is 0.152. The number of benzene rings is 1. The molecule has 2 aliphatic rings. The number of nitrogens with one attached hydrogen (secondary N) is 2. The Morgan fingerprint density at radius 3 is 2.64 bits per heavy atom. The van der Waals surface area contributed by atoms with E-state index in [-0.39, 0.29) is 6.03 Å². The van der Waals surface area contributed by atoms with Crippen LogP contribution in [0.1, 0.15) is 12.8 Å². The summed E-state index contributed by atoms with van der Waals surface area (Å²) < 4.78 is 6.59. The van der Waals surface area contributed by atoms with Crippen molar-refractivity contribution >= 4 is 39.1 Å². The van der Waals surface area contributed by atoms with Crippen molar-refractivity contribution in [2.45, 2.75) is 18.9 Å². The molecule has 3 heterocycles. The number of fused-ring (bicyclic) bond motifs is 1. The number of rotatable bonds is 4. The number of aromatic nitrogens is 2. The SMILES string of the molecule is O=C(Nc1ccc(-c2nc(N3CCOCC3)c3sccc3n2)cc1)NC1CC1. The van der Waals surface area contributed by atoms with Gasteiger partial charge >= 0.3 is 6.03 Å². The van der Waals surface area contributed by atoms with Crippen molar-refractivity contribution in [1.29, 1.82) is 0 Å². The summed E-state index contributed by atoms with van der Waals surface area (Å²) in [5.74, 6) is 1.67. The molecule has 3 aromatic rings. The first kappa shape index (κ1) is 17.4. The normalized spacial score (nSPS) is 16.9. The molecule has 0 bridgehead atoms. The van der Waals surface area contributed by atoms with Gasteiger partial charge in [0.15, 0.2) is 11.6 Å². The van der Waals surface area contributed by atoms with Gasteiger partial charge in [-0.2, -0.15) is 0 Å². The van der Waals surface area contributed by atoms with Gasteiger partial charge in [-0.3, -0.25) is 0 Å². The van der Waals surface area contributed by atoms with E-state index in [9.17, 15) is 4.79 Å². The number of ether oxygens (including phenoxy) is 1. The van der Waals surface area contributed by atoms with Crippen molar-refractivity contribution in [3.8, 4) is 11.4 Å². The second-order valence-corrected chi connectivity index (χ2v) is 7.97. The monoisotopic (exact) mass is 395 g/mol. The van der Waals surface area contributed by atoms with Crippen LogP contribution in [-0.2, 0) is 4.74 Å². The number of hydrogen-bond acceptors (Lipinski definition) is 6. The van der Waals surface area contributed by atoms with Crippen LogP contribution in [0.25, 0.3) is 21.6 Å². The summed E-state index contributed by atoms with van der Waals surface area (Å²) in [6.07, 6.45) is 2.14. The van der Waals surface area contributed by atoms with E-state index in [1.54, 1.807) is 11.3 Å². The van der Waals surface area contributed by atoms with Gasteiger partial charge in [0, 0.05) is 30.4 Å². The Labute approximate surface area is 166 Å². The van der Waals surface area contributed by atoms with Crippen molar-refractivity contribution < 1.29 is 9.53 Å². The van der Waals surface area contributed by atoms with E-state index in [2.05, 4.69) is 20.9 Å². The molecule has 2 aromatic heterocycles. The van der Waals surface area contributed by atoms with Gasteiger partial charge in [0.1, 0.15) is 0 Å². The molecule has 144 valence electrons. The molecule has 1 aliphatic carbocycles. The van der Waals surface area contributed by atoms with Crippen molar-refractivity contribution in [2.75, 3.05) is 36.5 Å². The lowest BCUT2D eigenvalue weighted by molar-refractivity contribution is 0.122. The minimum atomic E-state index is -0.152. The molecule has 5 rings (SSSR count). The van der Waals surface area contributed by atoms with Gasteiger partial charge < -0.3 is 20.3 Å². The number of urea groups is 1. The maximum atomic E-state index is 11.9. The van der Waals surface area contributed by atoms with Crippen LogP contribution in [0.5, 0.6) is 0 Å². The molecule has 2 amide bonds. The average Bonchev–Trinajstić information content (AvgIpc) is 3.40. The highest BCUT2D eigenvalue weighted by Crippen LogP contribution is 2.32. The van der Waals surface area contributed by atoms with Crippen LogP contribution in [0.4, 0.5) is 16.3 Å². The van der Waals surface area contributed by atoms with Gasteiger partial charge in [0.05, 0.1) is 23.4 Å². The summed E-state index contributed by atoms with van der Waals surface area (Å²) in [7, 11) is 0. The first-order chi connectivity index (χ1) is 13.8. The molecule has 2 N–H and O–H groups in total. The fourth-order valence-electron chi connectivity index (χ4n) is 3.25. The Morgan fingerprint density at radius 2 is 1.89 bits per heavy atom. The zero-order valence-electron chi connectivity index (χ0n) is 15.4. The molecule has 1 aliphatic heterocycles. The van der Waals surface area contributed by atoms with Gasteiger partial charge in [0.25, 0.3) is 0 Å². The lowest BCUT2D eigenvalue weighted by Crippen LogP contribution is -2.36. The predicted molar refractivity (Wildman–Crippen MR) is 111 cm³/mol. The van der Waals surface area contributed by atoms with E-state index in [1.165, 1.54) is 0 Å². The topological polar surface area (TPSA) is 79.4 Å². The number of thiophene rings is 1. The van der Waals surface area contributed by atoms with Crippen LogP contribution >= 0.6 is 11.3 Å². The smallest absolute Gasteiger partial charge is 0.319 e. The summed E-state index contributed by atoms with van der Waals surface area (Å²) in [5.41, 5.74) is 2.64. The highest BCUT2D eigenvalue weighted by Gasteiger charge is 2.23. The van der Waals surface area contributed by atoms with E-state index in [0.717, 1.165) is 66.4 Å². The largest absolute Gasteiger partial charge is 0.378 e. The molecule has 0 spiro atoms. The highest BCUT2D eigenvalue weighted by molar-refractivity contribution is 7.17. The Kier molecular flexibility index (Phi) is 4.58. The molecule has 8 heteroatoms. The number of anilines is 2. The van der Waals surface area contributed by atoms with Crippen LogP contribution < -0.4 is 15.5 Å². The summed E-state index contributed by atoms with van der Waals surface area (Å²) in [5, 5.41) is 7.84. The van der Waals surface area contributed by atoms with Gasteiger partial charge in [0.2, 0.25) is 0 Å². The van der Waals surface area contributed by atoms with E-state index < -0.39 is 0 Å². The number of hydrogen-bond donors (Lipinski definition) is 2. The predicted octanol–water partition coefficient (Wildman–Crippen LogP) is 3.48. The fourth-order valence-corrected chi connectivity index (χ4v) is 4.10. The third-order valence-electron chi connectivity index (χ3n) is 4.91. The fraction of sp³-hybridized carbons (Fsp3) is 0.350. The maximum Gasteiger partial charge on any atom is 0.319 e. The van der Waals surface area contributed by atoms with E-state index >= 15 is 0 Å². The summed E-state index contributed by atoms with van der Waals surface area (Å²) in [6.45, 7) is 3.11. The van der Waals surface area contributed by atoms with Crippen LogP contribution in [0.15, 0.2) is 35.7 Å². The number of nitrogens with zero attached hydrogens (tertiary/aromatic N) is 3. The Bertz CT molecular complexity index is 994. The molecule has 0 unspecified atom stereocenters. The zero-order chi connectivity index (χ0) is 18.9. The second-order valence-electron chi connectivity index (χ2n) is 7.06. The minimum Gasteiger partial charge on any atom is -0.378 e. The molecular weight excluding hydrogens is 374 g/mol. The third-order valence-corrected chi connectivity index (χ3v) is 5.81. The molecule has 1 saturated carbocycles. The van der Waals surface area contributed by atoms with Crippen LogP contribution in [0.2, 0.25) is 0 Å². The molecule has 0 radical (unpaired) electrons. The maximum absolute atomic E-state index is 11.9. The van der Waals surface area contributed by atoms with Crippen LogP contribution in [0.3, 0.4) is 0 Å². The number of amides is 2. The number of carbonyl (C=O) groups is 1. The number of carbonyl (C=O) groups excluding carboxylic acids is 1. The summed E-state index contributed by atoms with van der Waals surface area (Å²) in [4.78, 5) is 23.8. The first-order valence-electron chi connectivity index (χ1n) is 9.52. The molecule has 28 heavy (non-hydrogen) atoms. The average molecular weight is 395 g/mol. The zero-order valence-corrected chi connectivity index (χ0v) is 16.2. The molecule has 0 atom stereocenters. The molecule has 1 saturated heterocycles. The van der Waals surface area contributed by atoms with Crippen LogP contribution in [-0.4, -0.2) is 48.3 Å². The van der Waals surface area contributed by atoms with E-state index in [0.29, 0.717) is 11.9 Å². The van der Waals surface area contributed by atoms with Crippen molar-refractivity contribution in [2.24, 2.45) is 0 Å². The number of morpholine rings is 1. The quantitative estimate of drug-likeness (QED) is 0.707. The lowest BCUT2D eigenvalue weighted by atomic mass is 10.2. The van der Waals surface area contributed by atoms with Gasteiger partial charge in [-0.05, 0) is 48.6 Å². The van der Waals surface area contributed by atoms with Gasteiger partial charge in [-0.1, -0.05) is 0 Å². The van der Waals surface area contributed by atoms with Gasteiger partial charge in [-0.25, -0.2) is 14.8 Å². The molecule has 7 nitrogen and oxygen atoms in total. The van der Waals surface area contributed by atoms with Crippen molar-refractivity contribution in [1.82, 2.24) is 15.3 Å². The Morgan fingerprint density at radius 1 is 1.11 bits per heavy atom. The lowest BCUT2D eigenvalue weighted by Gasteiger charge is -2.28. The molecule has 1 aromatic carbocycles. The van der Waals surface area contributed by atoms with Crippen molar-refractivity contribution in [3.63, 3.8) is 0 Å². The van der Waals surface area contributed by atoms with E-state index in [4.69, 9.17) is 14.7 Å². The summed E-state index contributed by atoms with van der Waals surface area (Å²) >= 11 is 1.67. The summed E-state index contributed by atoms with van der Waals surface area (Å²) in [6, 6.07) is 9.89. The van der Waals surface area contributed by atoms with E-state index in [1.807, 2.05) is 30.3 Å². The van der Waals surface area contributed by atoms with Gasteiger partial charge in [-0.15, -0.1) is 11.3 Å². The second kappa shape index (κ2) is 7.37. The van der Waals surface area contributed by atoms with Crippen molar-refractivity contribution in [3.05, 3.63) is 35.7 Å². The Hall–Kier alpha value is -2.71. The molecular formula is C20H21N5O2S. The first-order valence-corrected chi connectivity index (χ1v) is 10.4. The Balaban J connectivity index is 1.41. The third kappa shape index (κ3) is 3.65. The standard InChI is InChI=1S/C20H21N5O2S/c26-20(22-15-5-6-15)21-14-3-1-13(2-4-14)18-23-16-7-12-28-17(16)19(24-18)25-8-10-27-11-9-25/h1-4,7,12,15H,5-6,8-11H2,(H2,21,22,26).